The maximum absolute atomic E-state index is 11.2. The molecule has 0 amide bonds. The molecular weight excluding hydrogens is 284 g/mol. The van der Waals surface area contributed by atoms with Crippen LogP contribution in [0.25, 0.3) is 16.9 Å². The molecule has 2 N–H and O–H groups in total. The molecule has 112 valence electrons. The Kier molecular flexibility index (Phi) is 3.38. The van der Waals surface area contributed by atoms with E-state index in [1.807, 2.05) is 18.2 Å². The van der Waals surface area contributed by atoms with Gasteiger partial charge in [0, 0.05) is 17.8 Å². The summed E-state index contributed by atoms with van der Waals surface area (Å²) in [5.41, 5.74) is 7.77. The van der Waals surface area contributed by atoms with E-state index < -0.39 is 4.92 Å². The minimum Gasteiger partial charge on any atom is -0.487 e. The van der Waals surface area contributed by atoms with Crippen LogP contribution in [-0.2, 0) is 0 Å². The molecule has 0 radical (unpaired) electrons. The third-order valence-electron chi connectivity index (χ3n) is 3.30. The molecule has 0 fully saturated rings. The third kappa shape index (κ3) is 2.22. The lowest BCUT2D eigenvalue weighted by molar-refractivity contribution is -0.385. The van der Waals surface area contributed by atoms with E-state index in [9.17, 15) is 10.1 Å². The number of nitrogens with zero attached hydrogens (tertiary/aromatic N) is 3. The maximum Gasteiger partial charge on any atom is 0.311 e. The van der Waals surface area contributed by atoms with E-state index in [0.29, 0.717) is 29.3 Å². The van der Waals surface area contributed by atoms with Crippen molar-refractivity contribution in [1.29, 1.82) is 0 Å². The number of rotatable bonds is 4. The van der Waals surface area contributed by atoms with Crippen molar-refractivity contribution in [3.63, 3.8) is 0 Å². The smallest absolute Gasteiger partial charge is 0.311 e. The van der Waals surface area contributed by atoms with Crippen molar-refractivity contribution in [2.45, 2.75) is 6.92 Å². The van der Waals surface area contributed by atoms with Gasteiger partial charge < -0.3 is 10.5 Å². The number of benzene rings is 1. The molecule has 1 aromatic carbocycles. The van der Waals surface area contributed by atoms with Crippen LogP contribution in [0.5, 0.6) is 5.75 Å². The van der Waals surface area contributed by atoms with Gasteiger partial charge in [-0.05, 0) is 31.2 Å². The first-order chi connectivity index (χ1) is 10.6. The molecule has 7 heteroatoms. The van der Waals surface area contributed by atoms with Crippen molar-refractivity contribution in [3.8, 4) is 17.0 Å². The zero-order chi connectivity index (χ0) is 15.7. The average Bonchev–Trinajstić information content (AvgIpc) is 2.85. The highest BCUT2D eigenvalue weighted by Crippen LogP contribution is 2.34. The number of pyridine rings is 1. The highest BCUT2D eigenvalue weighted by atomic mass is 16.6. The minimum absolute atomic E-state index is 0.101. The molecule has 0 bridgehead atoms. The Morgan fingerprint density at radius 2 is 2.18 bits per heavy atom. The predicted octanol–water partition coefficient (Wildman–Crippen LogP) is 2.89. The zero-order valence-electron chi connectivity index (χ0n) is 11.9. The van der Waals surface area contributed by atoms with E-state index in [4.69, 9.17) is 10.5 Å². The molecule has 3 aromatic rings. The Morgan fingerprint density at radius 1 is 1.36 bits per heavy atom. The Bertz CT molecular complexity index is 857. The van der Waals surface area contributed by atoms with Gasteiger partial charge in [-0.25, -0.2) is 4.98 Å². The van der Waals surface area contributed by atoms with Crippen molar-refractivity contribution in [3.05, 3.63) is 52.7 Å². The van der Waals surface area contributed by atoms with Gasteiger partial charge in [0.15, 0.2) is 5.75 Å². The lowest BCUT2D eigenvalue weighted by Gasteiger charge is -2.06. The van der Waals surface area contributed by atoms with Crippen molar-refractivity contribution in [2.75, 3.05) is 12.3 Å². The number of hydrogen-bond acceptors (Lipinski definition) is 5. The monoisotopic (exact) mass is 298 g/mol. The van der Waals surface area contributed by atoms with Crippen LogP contribution in [0.2, 0.25) is 0 Å². The maximum atomic E-state index is 11.2. The normalized spacial score (nSPS) is 10.8. The predicted molar refractivity (Wildman–Crippen MR) is 82.9 cm³/mol. The minimum atomic E-state index is -0.472. The van der Waals surface area contributed by atoms with Crippen LogP contribution in [0.3, 0.4) is 0 Å². The summed E-state index contributed by atoms with van der Waals surface area (Å²) in [5, 5.41) is 11.2. The Hall–Kier alpha value is -3.09. The highest BCUT2D eigenvalue weighted by Gasteiger charge is 2.19. The van der Waals surface area contributed by atoms with Crippen LogP contribution in [0, 0.1) is 10.1 Å². The second kappa shape index (κ2) is 5.36. The molecule has 0 aliphatic rings. The number of aromatic nitrogens is 2. The molecule has 0 saturated heterocycles. The number of anilines is 1. The van der Waals surface area contributed by atoms with Gasteiger partial charge >= 0.3 is 5.69 Å². The van der Waals surface area contributed by atoms with Crippen LogP contribution in [0.1, 0.15) is 6.92 Å². The van der Waals surface area contributed by atoms with Crippen LogP contribution in [0.4, 0.5) is 11.5 Å². The fourth-order valence-corrected chi connectivity index (χ4v) is 2.31. The molecule has 0 unspecified atom stereocenters. The molecule has 0 atom stereocenters. The number of nitro groups is 1. The first-order valence-electron chi connectivity index (χ1n) is 6.76. The Morgan fingerprint density at radius 3 is 2.86 bits per heavy atom. The fraction of sp³-hybridized carbons (Fsp3) is 0.133. The molecule has 22 heavy (non-hydrogen) atoms. The van der Waals surface area contributed by atoms with E-state index >= 15 is 0 Å². The van der Waals surface area contributed by atoms with Gasteiger partial charge in [0.2, 0.25) is 0 Å². The van der Waals surface area contributed by atoms with Crippen molar-refractivity contribution in [2.24, 2.45) is 0 Å². The van der Waals surface area contributed by atoms with Crippen molar-refractivity contribution in [1.82, 2.24) is 9.38 Å². The van der Waals surface area contributed by atoms with Gasteiger partial charge in [0.05, 0.1) is 11.5 Å². The molecule has 2 heterocycles. The van der Waals surface area contributed by atoms with Crippen LogP contribution >= 0.6 is 0 Å². The topological polar surface area (TPSA) is 95.7 Å². The number of hydrogen-bond donors (Lipinski definition) is 1. The summed E-state index contributed by atoms with van der Waals surface area (Å²) < 4.78 is 7.01. The molecule has 0 aliphatic heterocycles. The average molecular weight is 298 g/mol. The first kappa shape index (κ1) is 13.9. The molecular formula is C15H14N4O3. The van der Waals surface area contributed by atoms with Gasteiger partial charge in [-0.3, -0.25) is 14.5 Å². The summed E-state index contributed by atoms with van der Waals surface area (Å²) in [6, 6.07) is 10.2. The molecule has 2 aromatic heterocycles. The van der Waals surface area contributed by atoms with Crippen LogP contribution < -0.4 is 10.5 Å². The van der Waals surface area contributed by atoms with Gasteiger partial charge in [0.25, 0.3) is 0 Å². The number of fused-ring (bicyclic) bond motifs is 1. The third-order valence-corrected chi connectivity index (χ3v) is 3.30. The van der Waals surface area contributed by atoms with E-state index in [1.54, 1.807) is 29.7 Å². The van der Waals surface area contributed by atoms with E-state index in [-0.39, 0.29) is 11.4 Å². The lowest BCUT2D eigenvalue weighted by atomic mass is 10.1. The van der Waals surface area contributed by atoms with E-state index in [2.05, 4.69) is 4.98 Å². The zero-order valence-corrected chi connectivity index (χ0v) is 11.9. The molecule has 7 nitrogen and oxygen atoms in total. The number of imidazole rings is 1. The van der Waals surface area contributed by atoms with Crippen molar-refractivity contribution >= 4 is 17.2 Å². The Balaban J connectivity index is 2.16. The SMILES string of the molecule is CCOc1ccc(-c2nc3ccccn3c2N)cc1[N+](=O)[O-]. The molecule has 0 aliphatic carbocycles. The Labute approximate surface area is 126 Å². The van der Waals surface area contributed by atoms with E-state index in [1.165, 1.54) is 6.07 Å². The number of nitrogens with two attached hydrogens (primary N) is 1. The van der Waals surface area contributed by atoms with Gasteiger partial charge in [0.1, 0.15) is 17.2 Å². The van der Waals surface area contributed by atoms with Crippen molar-refractivity contribution < 1.29 is 9.66 Å². The summed E-state index contributed by atoms with van der Waals surface area (Å²) in [5.74, 6) is 0.674. The number of nitrogen functional groups attached to an aromatic ring is 1. The summed E-state index contributed by atoms with van der Waals surface area (Å²) in [6.45, 7) is 2.13. The molecule has 3 rings (SSSR count). The summed E-state index contributed by atoms with van der Waals surface area (Å²) in [7, 11) is 0. The second-order valence-electron chi connectivity index (χ2n) is 4.65. The lowest BCUT2D eigenvalue weighted by Crippen LogP contribution is -1.98. The fourth-order valence-electron chi connectivity index (χ4n) is 2.31. The van der Waals surface area contributed by atoms with Crippen LogP contribution in [-0.4, -0.2) is 20.9 Å². The second-order valence-corrected chi connectivity index (χ2v) is 4.65. The number of ether oxygens (including phenoxy) is 1. The largest absolute Gasteiger partial charge is 0.487 e. The summed E-state index contributed by atoms with van der Waals surface area (Å²) >= 11 is 0. The molecule has 0 saturated carbocycles. The number of nitro benzene ring substituents is 1. The van der Waals surface area contributed by atoms with Gasteiger partial charge in [-0.2, -0.15) is 0 Å². The standard InChI is InChI=1S/C15H14N4O3/c1-2-22-12-7-6-10(9-11(12)19(20)21)14-15(16)18-8-4-3-5-13(18)17-14/h3-9H,2,16H2,1H3. The van der Waals surface area contributed by atoms with Gasteiger partial charge in [-0.15, -0.1) is 0 Å². The van der Waals surface area contributed by atoms with E-state index in [0.717, 1.165) is 0 Å². The first-order valence-corrected chi connectivity index (χ1v) is 6.76. The molecule has 0 spiro atoms. The van der Waals surface area contributed by atoms with Gasteiger partial charge in [-0.1, -0.05) is 6.07 Å². The highest BCUT2D eigenvalue weighted by molar-refractivity contribution is 5.77. The quantitative estimate of drug-likeness (QED) is 0.590. The summed E-state index contributed by atoms with van der Waals surface area (Å²) in [4.78, 5) is 15.2. The van der Waals surface area contributed by atoms with Crippen LogP contribution in [0.15, 0.2) is 42.6 Å². The summed E-state index contributed by atoms with van der Waals surface area (Å²) in [6.07, 6.45) is 1.80.